The minimum atomic E-state index is -0.118. The van der Waals surface area contributed by atoms with Crippen LogP contribution < -0.4 is 5.32 Å². The number of hydrogen-bond acceptors (Lipinski definition) is 4. The minimum Gasteiger partial charge on any atom is -0.331 e. The van der Waals surface area contributed by atoms with Crippen molar-refractivity contribution < 1.29 is 4.79 Å². The van der Waals surface area contributed by atoms with Gasteiger partial charge in [0.05, 0.1) is 23.3 Å². The van der Waals surface area contributed by atoms with Crippen LogP contribution in [0.3, 0.4) is 0 Å². The van der Waals surface area contributed by atoms with Crippen molar-refractivity contribution >= 4 is 22.6 Å². The Labute approximate surface area is 129 Å². The van der Waals surface area contributed by atoms with Crippen molar-refractivity contribution in [3.05, 3.63) is 24.5 Å². The average Bonchev–Trinajstić information content (AvgIpc) is 3.14. The first kappa shape index (κ1) is 14.4. The van der Waals surface area contributed by atoms with Crippen molar-refractivity contribution in [1.82, 2.24) is 14.5 Å². The molecule has 2 aromatic rings. The van der Waals surface area contributed by atoms with Crippen LogP contribution in [0.1, 0.15) is 19.8 Å². The van der Waals surface area contributed by atoms with E-state index in [1.54, 1.807) is 4.90 Å². The van der Waals surface area contributed by atoms with Crippen LogP contribution in [0.2, 0.25) is 0 Å². The molecule has 1 N–H and O–H groups in total. The SMILES string of the molecule is CCCn1cnc2cc(NC(=O)C3CCN(C#N)C3)ccc21. The van der Waals surface area contributed by atoms with Crippen molar-refractivity contribution in [3.63, 3.8) is 0 Å². The number of carbonyl (C=O) groups is 1. The molecule has 3 rings (SSSR count). The van der Waals surface area contributed by atoms with Gasteiger partial charge in [-0.3, -0.25) is 4.79 Å². The molecule has 6 heteroatoms. The summed E-state index contributed by atoms with van der Waals surface area (Å²) in [5.41, 5.74) is 2.72. The molecule has 1 saturated heterocycles. The van der Waals surface area contributed by atoms with Gasteiger partial charge >= 0.3 is 0 Å². The summed E-state index contributed by atoms with van der Waals surface area (Å²) >= 11 is 0. The van der Waals surface area contributed by atoms with Crippen LogP contribution in [-0.2, 0) is 11.3 Å². The number of nitriles is 1. The van der Waals surface area contributed by atoms with Gasteiger partial charge in [0, 0.05) is 25.3 Å². The van der Waals surface area contributed by atoms with Crippen LogP contribution in [0.4, 0.5) is 5.69 Å². The van der Waals surface area contributed by atoms with E-state index in [9.17, 15) is 4.79 Å². The second-order valence-electron chi connectivity index (χ2n) is 5.66. The molecule has 1 amide bonds. The molecule has 0 aliphatic carbocycles. The number of aryl methyl sites for hydroxylation is 1. The van der Waals surface area contributed by atoms with E-state index in [-0.39, 0.29) is 11.8 Å². The molecule has 22 heavy (non-hydrogen) atoms. The Morgan fingerprint density at radius 1 is 1.55 bits per heavy atom. The number of rotatable bonds is 4. The Morgan fingerprint density at radius 2 is 2.41 bits per heavy atom. The molecular weight excluding hydrogens is 278 g/mol. The van der Waals surface area contributed by atoms with E-state index < -0.39 is 0 Å². The predicted molar refractivity (Wildman–Crippen MR) is 83.9 cm³/mol. The maximum atomic E-state index is 12.2. The maximum absolute atomic E-state index is 12.2. The van der Waals surface area contributed by atoms with Crippen LogP contribution >= 0.6 is 0 Å². The lowest BCUT2D eigenvalue weighted by molar-refractivity contribution is -0.119. The van der Waals surface area contributed by atoms with Crippen molar-refractivity contribution in [2.24, 2.45) is 5.92 Å². The largest absolute Gasteiger partial charge is 0.331 e. The molecule has 114 valence electrons. The van der Waals surface area contributed by atoms with Crippen molar-refractivity contribution in [2.75, 3.05) is 18.4 Å². The summed E-state index contributed by atoms with van der Waals surface area (Å²) in [5.74, 6) is -0.141. The number of nitrogens with zero attached hydrogens (tertiary/aromatic N) is 4. The number of anilines is 1. The summed E-state index contributed by atoms with van der Waals surface area (Å²) < 4.78 is 2.11. The van der Waals surface area contributed by atoms with Gasteiger partial charge in [0.25, 0.3) is 0 Å². The first-order valence-electron chi connectivity index (χ1n) is 7.61. The zero-order valence-electron chi connectivity index (χ0n) is 12.6. The molecule has 1 fully saturated rings. The van der Waals surface area contributed by atoms with E-state index in [0.717, 1.165) is 36.1 Å². The van der Waals surface area contributed by atoms with Gasteiger partial charge in [-0.1, -0.05) is 6.92 Å². The Kier molecular flexibility index (Phi) is 3.96. The third kappa shape index (κ3) is 2.75. The molecule has 1 unspecified atom stereocenters. The van der Waals surface area contributed by atoms with Gasteiger partial charge in [0.1, 0.15) is 0 Å². The van der Waals surface area contributed by atoms with Crippen LogP contribution in [0.5, 0.6) is 0 Å². The van der Waals surface area contributed by atoms with Gasteiger partial charge in [-0.2, -0.15) is 5.26 Å². The number of imidazole rings is 1. The number of amides is 1. The first-order chi connectivity index (χ1) is 10.7. The zero-order valence-corrected chi connectivity index (χ0v) is 12.6. The number of benzene rings is 1. The van der Waals surface area contributed by atoms with E-state index in [0.29, 0.717) is 13.1 Å². The fourth-order valence-electron chi connectivity index (χ4n) is 2.87. The van der Waals surface area contributed by atoms with Crippen LogP contribution in [-0.4, -0.2) is 33.4 Å². The van der Waals surface area contributed by atoms with E-state index in [1.165, 1.54) is 0 Å². The summed E-state index contributed by atoms with van der Waals surface area (Å²) in [6.07, 6.45) is 5.71. The molecule has 1 aromatic carbocycles. The number of likely N-dealkylation sites (tertiary alicyclic amines) is 1. The molecule has 6 nitrogen and oxygen atoms in total. The van der Waals surface area contributed by atoms with Crippen LogP contribution in [0.15, 0.2) is 24.5 Å². The molecule has 1 aliphatic rings. The highest BCUT2D eigenvalue weighted by atomic mass is 16.1. The van der Waals surface area contributed by atoms with Crippen molar-refractivity contribution in [1.29, 1.82) is 5.26 Å². The molecule has 1 aliphatic heterocycles. The summed E-state index contributed by atoms with van der Waals surface area (Å²) in [7, 11) is 0. The topological polar surface area (TPSA) is 74.0 Å². The van der Waals surface area contributed by atoms with Crippen LogP contribution in [0, 0.1) is 17.4 Å². The lowest BCUT2D eigenvalue weighted by Crippen LogP contribution is -2.25. The van der Waals surface area contributed by atoms with Gasteiger partial charge in [0.2, 0.25) is 5.91 Å². The average molecular weight is 297 g/mol. The monoisotopic (exact) mass is 297 g/mol. The fourth-order valence-corrected chi connectivity index (χ4v) is 2.87. The molecule has 0 saturated carbocycles. The highest BCUT2D eigenvalue weighted by molar-refractivity contribution is 5.94. The van der Waals surface area contributed by atoms with Gasteiger partial charge < -0.3 is 14.8 Å². The van der Waals surface area contributed by atoms with Crippen molar-refractivity contribution in [3.8, 4) is 6.19 Å². The normalized spacial score (nSPS) is 17.6. The third-order valence-electron chi connectivity index (χ3n) is 4.05. The van der Waals surface area contributed by atoms with Gasteiger partial charge in [-0.15, -0.1) is 0 Å². The molecule has 0 bridgehead atoms. The van der Waals surface area contributed by atoms with Crippen LogP contribution in [0.25, 0.3) is 11.0 Å². The highest BCUT2D eigenvalue weighted by Crippen LogP contribution is 2.21. The molecule has 1 atom stereocenters. The predicted octanol–water partition coefficient (Wildman–Crippen LogP) is 2.19. The van der Waals surface area contributed by atoms with Crippen molar-refractivity contribution in [2.45, 2.75) is 26.3 Å². The highest BCUT2D eigenvalue weighted by Gasteiger charge is 2.27. The molecule has 2 heterocycles. The smallest absolute Gasteiger partial charge is 0.229 e. The maximum Gasteiger partial charge on any atom is 0.229 e. The Hall–Kier alpha value is -2.55. The fraction of sp³-hybridized carbons (Fsp3) is 0.438. The number of hydrogen-bond donors (Lipinski definition) is 1. The number of nitrogens with one attached hydrogen (secondary N) is 1. The van der Waals surface area contributed by atoms with E-state index in [1.807, 2.05) is 24.5 Å². The summed E-state index contributed by atoms with van der Waals surface area (Å²) in [5, 5.41) is 11.8. The minimum absolute atomic E-state index is 0.0231. The zero-order chi connectivity index (χ0) is 15.5. The lowest BCUT2D eigenvalue weighted by Gasteiger charge is -2.11. The summed E-state index contributed by atoms with van der Waals surface area (Å²) in [6.45, 7) is 4.24. The van der Waals surface area contributed by atoms with Gasteiger partial charge in [0.15, 0.2) is 6.19 Å². The summed E-state index contributed by atoms with van der Waals surface area (Å²) in [6, 6.07) is 5.80. The van der Waals surface area contributed by atoms with E-state index in [4.69, 9.17) is 5.26 Å². The van der Waals surface area contributed by atoms with E-state index in [2.05, 4.69) is 28.0 Å². The Morgan fingerprint density at radius 3 is 3.14 bits per heavy atom. The standard InChI is InChI=1S/C16H19N5O/c1-2-6-21-11-18-14-8-13(3-4-15(14)21)19-16(22)12-5-7-20(9-12)10-17/h3-4,8,11-12H,2,5-7,9H2,1H3,(H,19,22). The number of fused-ring (bicyclic) bond motifs is 1. The first-order valence-corrected chi connectivity index (χ1v) is 7.61. The Bertz CT molecular complexity index is 730. The number of carbonyl (C=O) groups excluding carboxylic acids is 1. The molecule has 1 aromatic heterocycles. The lowest BCUT2D eigenvalue weighted by atomic mass is 10.1. The second kappa shape index (κ2) is 6.06. The molecule has 0 spiro atoms. The second-order valence-corrected chi connectivity index (χ2v) is 5.66. The van der Waals surface area contributed by atoms with Gasteiger partial charge in [-0.05, 0) is 31.0 Å². The third-order valence-corrected chi connectivity index (χ3v) is 4.05. The summed E-state index contributed by atoms with van der Waals surface area (Å²) in [4.78, 5) is 18.3. The van der Waals surface area contributed by atoms with E-state index >= 15 is 0 Å². The molecular formula is C16H19N5O. The number of aromatic nitrogens is 2. The Balaban J connectivity index is 1.72. The van der Waals surface area contributed by atoms with Gasteiger partial charge in [-0.25, -0.2) is 4.98 Å². The quantitative estimate of drug-likeness (QED) is 0.878. The molecule has 0 radical (unpaired) electrons.